The second-order valence-electron chi connectivity index (χ2n) is 3.58. The second-order valence-corrected chi connectivity index (χ2v) is 3.58. The van der Waals surface area contributed by atoms with Crippen LogP contribution in [0.2, 0.25) is 0 Å². The molecule has 2 rings (SSSR count). The van der Waals surface area contributed by atoms with Gasteiger partial charge in [-0.1, -0.05) is 0 Å². The lowest BCUT2D eigenvalue weighted by molar-refractivity contribution is 0.441. The molecule has 1 unspecified atom stereocenters. The minimum atomic E-state index is -0.257. The Morgan fingerprint density at radius 1 is 1.31 bits per heavy atom. The topological polar surface area (TPSA) is 38.1 Å². The highest BCUT2D eigenvalue weighted by Crippen LogP contribution is 2.22. The monoisotopic (exact) mass is 220 g/mol. The first-order valence-electron chi connectivity index (χ1n) is 5.09. The van der Waals surface area contributed by atoms with Crippen LogP contribution in [-0.2, 0) is 0 Å². The van der Waals surface area contributed by atoms with Gasteiger partial charge in [0.05, 0.1) is 12.2 Å². The van der Waals surface area contributed by atoms with Crippen LogP contribution in [0.1, 0.15) is 18.9 Å². The fourth-order valence-corrected chi connectivity index (χ4v) is 1.36. The van der Waals surface area contributed by atoms with Crippen molar-refractivity contribution >= 4 is 0 Å². The van der Waals surface area contributed by atoms with Crippen LogP contribution in [0.5, 0.6) is 0 Å². The van der Waals surface area contributed by atoms with Crippen LogP contribution in [0, 0.1) is 5.82 Å². The van der Waals surface area contributed by atoms with Gasteiger partial charge in [-0.15, -0.1) is 0 Å². The van der Waals surface area contributed by atoms with Crippen LogP contribution < -0.4 is 5.32 Å². The van der Waals surface area contributed by atoms with E-state index in [1.807, 2.05) is 14.0 Å². The summed E-state index contributed by atoms with van der Waals surface area (Å²) in [6.07, 6.45) is 1.65. The number of nitrogens with zero attached hydrogens (tertiary/aromatic N) is 1. The molecule has 0 aliphatic heterocycles. The molecule has 0 fully saturated rings. The first kappa shape index (κ1) is 10.8. The molecule has 0 radical (unpaired) electrons. The van der Waals surface area contributed by atoms with Gasteiger partial charge in [0.15, 0.2) is 5.76 Å². The quantitative estimate of drug-likeness (QED) is 0.864. The predicted molar refractivity (Wildman–Crippen MR) is 59.4 cm³/mol. The Labute approximate surface area is 93.3 Å². The molecule has 4 heteroatoms. The maximum absolute atomic E-state index is 12.7. The van der Waals surface area contributed by atoms with Crippen molar-refractivity contribution < 1.29 is 8.81 Å². The number of hydrogen-bond donors (Lipinski definition) is 1. The number of aromatic nitrogens is 1. The molecular weight excluding hydrogens is 207 g/mol. The van der Waals surface area contributed by atoms with Crippen LogP contribution >= 0.6 is 0 Å². The first-order chi connectivity index (χ1) is 7.70. The van der Waals surface area contributed by atoms with Gasteiger partial charge in [0.1, 0.15) is 5.82 Å². The lowest BCUT2D eigenvalue weighted by Gasteiger charge is -2.03. The zero-order chi connectivity index (χ0) is 11.5. The third-order valence-electron chi connectivity index (χ3n) is 2.46. The zero-order valence-electron chi connectivity index (χ0n) is 9.20. The van der Waals surface area contributed by atoms with Crippen LogP contribution in [0.4, 0.5) is 4.39 Å². The van der Waals surface area contributed by atoms with E-state index in [0.29, 0.717) is 11.7 Å². The molecule has 84 valence electrons. The van der Waals surface area contributed by atoms with Crippen molar-refractivity contribution in [2.24, 2.45) is 0 Å². The minimum Gasteiger partial charge on any atom is -0.439 e. The molecule has 1 N–H and O–H groups in total. The van der Waals surface area contributed by atoms with Gasteiger partial charge in [-0.05, 0) is 38.2 Å². The number of hydrogen-bond acceptors (Lipinski definition) is 3. The van der Waals surface area contributed by atoms with Gasteiger partial charge in [0, 0.05) is 5.56 Å². The fraction of sp³-hybridized carbons (Fsp3) is 0.250. The highest BCUT2D eigenvalue weighted by molar-refractivity contribution is 5.55. The standard InChI is InChI=1S/C12H13FN2O/c1-8(14-2)12-15-7-11(16-12)9-3-5-10(13)6-4-9/h3-8,14H,1-2H3. The van der Waals surface area contributed by atoms with Crippen molar-refractivity contribution in [1.82, 2.24) is 10.3 Å². The largest absolute Gasteiger partial charge is 0.439 e. The molecule has 0 aliphatic carbocycles. The van der Waals surface area contributed by atoms with Gasteiger partial charge in [0.25, 0.3) is 0 Å². The zero-order valence-corrected chi connectivity index (χ0v) is 9.20. The van der Waals surface area contributed by atoms with E-state index in [-0.39, 0.29) is 11.9 Å². The first-order valence-corrected chi connectivity index (χ1v) is 5.09. The summed E-state index contributed by atoms with van der Waals surface area (Å²) < 4.78 is 18.3. The SMILES string of the molecule is CNC(C)c1ncc(-c2ccc(F)cc2)o1. The van der Waals surface area contributed by atoms with Gasteiger partial charge < -0.3 is 9.73 Å². The fourth-order valence-electron chi connectivity index (χ4n) is 1.36. The summed E-state index contributed by atoms with van der Waals surface area (Å²) in [5.41, 5.74) is 0.823. The summed E-state index contributed by atoms with van der Waals surface area (Å²) >= 11 is 0. The van der Waals surface area contributed by atoms with E-state index in [2.05, 4.69) is 10.3 Å². The van der Waals surface area contributed by atoms with Crippen LogP contribution in [0.3, 0.4) is 0 Å². The van der Waals surface area contributed by atoms with Crippen LogP contribution in [0.25, 0.3) is 11.3 Å². The molecule has 1 aromatic carbocycles. The molecule has 16 heavy (non-hydrogen) atoms. The molecule has 1 aromatic heterocycles. The Morgan fingerprint density at radius 3 is 2.62 bits per heavy atom. The Balaban J connectivity index is 2.28. The van der Waals surface area contributed by atoms with Crippen molar-refractivity contribution in [3.05, 3.63) is 42.2 Å². The molecular formula is C12H13FN2O. The summed E-state index contributed by atoms with van der Waals surface area (Å²) in [7, 11) is 1.84. The van der Waals surface area contributed by atoms with Gasteiger partial charge in [-0.25, -0.2) is 9.37 Å². The summed E-state index contributed by atoms with van der Waals surface area (Å²) in [6.45, 7) is 1.96. The number of nitrogens with one attached hydrogen (secondary N) is 1. The smallest absolute Gasteiger partial charge is 0.211 e. The molecule has 0 aliphatic rings. The van der Waals surface area contributed by atoms with E-state index in [1.54, 1.807) is 18.3 Å². The molecule has 3 nitrogen and oxygen atoms in total. The van der Waals surface area contributed by atoms with E-state index in [0.717, 1.165) is 5.56 Å². The number of halogens is 1. The Hall–Kier alpha value is -1.68. The highest BCUT2D eigenvalue weighted by atomic mass is 19.1. The van der Waals surface area contributed by atoms with Crippen LogP contribution in [-0.4, -0.2) is 12.0 Å². The van der Waals surface area contributed by atoms with Crippen molar-refractivity contribution in [1.29, 1.82) is 0 Å². The molecule has 0 saturated carbocycles. The van der Waals surface area contributed by atoms with Crippen molar-refractivity contribution in [3.8, 4) is 11.3 Å². The lowest BCUT2D eigenvalue weighted by Crippen LogP contribution is -2.12. The van der Waals surface area contributed by atoms with E-state index < -0.39 is 0 Å². The van der Waals surface area contributed by atoms with E-state index >= 15 is 0 Å². The lowest BCUT2D eigenvalue weighted by atomic mass is 10.2. The number of benzene rings is 1. The van der Waals surface area contributed by atoms with E-state index in [9.17, 15) is 4.39 Å². The maximum Gasteiger partial charge on any atom is 0.211 e. The molecule has 2 aromatic rings. The van der Waals surface area contributed by atoms with Crippen molar-refractivity contribution in [3.63, 3.8) is 0 Å². The Bertz CT molecular complexity index is 464. The third kappa shape index (κ3) is 2.12. The summed E-state index contributed by atoms with van der Waals surface area (Å²) in [5.74, 6) is 1.02. The molecule has 0 amide bonds. The molecule has 0 bridgehead atoms. The van der Waals surface area contributed by atoms with Crippen molar-refractivity contribution in [2.45, 2.75) is 13.0 Å². The van der Waals surface area contributed by atoms with Crippen molar-refractivity contribution in [2.75, 3.05) is 7.05 Å². The molecule has 1 heterocycles. The molecule has 0 spiro atoms. The Kier molecular flexibility index (Phi) is 3.01. The summed E-state index contributed by atoms with van der Waals surface area (Å²) in [6, 6.07) is 6.21. The molecule has 1 atom stereocenters. The average Bonchev–Trinajstić information content (AvgIpc) is 2.78. The van der Waals surface area contributed by atoms with Gasteiger partial charge >= 0.3 is 0 Å². The normalized spacial score (nSPS) is 12.7. The summed E-state index contributed by atoms with van der Waals surface area (Å²) in [5, 5.41) is 3.04. The third-order valence-corrected chi connectivity index (χ3v) is 2.46. The van der Waals surface area contributed by atoms with E-state index in [4.69, 9.17) is 4.42 Å². The minimum absolute atomic E-state index is 0.0641. The van der Waals surface area contributed by atoms with E-state index in [1.165, 1.54) is 12.1 Å². The number of rotatable bonds is 3. The summed E-state index contributed by atoms with van der Waals surface area (Å²) in [4.78, 5) is 4.16. The Morgan fingerprint density at radius 2 is 2.00 bits per heavy atom. The maximum atomic E-state index is 12.7. The number of oxazole rings is 1. The second kappa shape index (κ2) is 4.45. The average molecular weight is 220 g/mol. The highest BCUT2D eigenvalue weighted by Gasteiger charge is 2.11. The molecule has 0 saturated heterocycles. The predicted octanol–water partition coefficient (Wildman–Crippen LogP) is 2.76. The van der Waals surface area contributed by atoms with Gasteiger partial charge in [-0.2, -0.15) is 0 Å². The van der Waals surface area contributed by atoms with Gasteiger partial charge in [-0.3, -0.25) is 0 Å². The van der Waals surface area contributed by atoms with Gasteiger partial charge in [0.2, 0.25) is 5.89 Å². The van der Waals surface area contributed by atoms with Crippen LogP contribution in [0.15, 0.2) is 34.9 Å².